The molecule has 0 saturated carbocycles. The maximum atomic E-state index is 12.6. The molecule has 6 nitrogen and oxygen atoms in total. The summed E-state index contributed by atoms with van der Waals surface area (Å²) in [6.07, 6.45) is 1.73. The number of benzene rings is 2. The van der Waals surface area contributed by atoms with E-state index in [9.17, 15) is 9.59 Å². The summed E-state index contributed by atoms with van der Waals surface area (Å²) < 4.78 is 16.0. The third-order valence-corrected chi connectivity index (χ3v) is 4.62. The summed E-state index contributed by atoms with van der Waals surface area (Å²) in [5, 5.41) is 0. The number of carbonyl (C=O) groups is 2. The number of ketones is 1. The molecule has 0 aromatic heterocycles. The number of carbonyl (C=O) groups excluding carboxylic acids is 2. The number of fused-ring (bicyclic) bond motifs is 1. The Hall–Kier alpha value is -3.28. The van der Waals surface area contributed by atoms with E-state index in [2.05, 4.69) is 18.7 Å². The molecule has 0 bridgehead atoms. The number of ether oxygens (including phenoxy) is 3. The van der Waals surface area contributed by atoms with E-state index >= 15 is 0 Å². The molecule has 0 atom stereocenters. The van der Waals surface area contributed by atoms with Crippen LogP contribution in [0.5, 0.6) is 11.5 Å². The van der Waals surface area contributed by atoms with Gasteiger partial charge >= 0.3 is 5.97 Å². The molecule has 0 aliphatic carbocycles. The molecule has 0 saturated heterocycles. The molecule has 0 spiro atoms. The topological polar surface area (TPSA) is 65.1 Å². The van der Waals surface area contributed by atoms with Crippen LogP contribution in [0.15, 0.2) is 48.2 Å². The highest BCUT2D eigenvalue weighted by Gasteiger charge is 2.27. The summed E-state index contributed by atoms with van der Waals surface area (Å²) in [6, 6.07) is 12.9. The van der Waals surface area contributed by atoms with E-state index in [1.54, 1.807) is 31.2 Å². The fourth-order valence-corrected chi connectivity index (χ4v) is 3.12. The van der Waals surface area contributed by atoms with Crippen LogP contribution in [0.2, 0.25) is 0 Å². The molecule has 29 heavy (non-hydrogen) atoms. The van der Waals surface area contributed by atoms with Crippen molar-refractivity contribution in [2.24, 2.45) is 0 Å². The Labute approximate surface area is 170 Å². The van der Waals surface area contributed by atoms with E-state index in [0.717, 1.165) is 24.3 Å². The van der Waals surface area contributed by atoms with Crippen molar-refractivity contribution in [3.63, 3.8) is 0 Å². The van der Waals surface area contributed by atoms with Crippen LogP contribution in [0.1, 0.15) is 36.7 Å². The van der Waals surface area contributed by atoms with E-state index < -0.39 is 5.97 Å². The molecule has 0 radical (unpaired) electrons. The van der Waals surface area contributed by atoms with Gasteiger partial charge in [-0.25, -0.2) is 4.79 Å². The lowest BCUT2D eigenvalue weighted by molar-refractivity contribution is -0.145. The van der Waals surface area contributed by atoms with Gasteiger partial charge in [-0.15, -0.1) is 0 Å². The minimum atomic E-state index is -0.446. The van der Waals surface area contributed by atoms with Gasteiger partial charge in [0.2, 0.25) is 5.78 Å². The van der Waals surface area contributed by atoms with Crippen LogP contribution >= 0.6 is 0 Å². The molecule has 1 heterocycles. The van der Waals surface area contributed by atoms with Gasteiger partial charge in [-0.1, -0.05) is 12.1 Å². The van der Waals surface area contributed by atoms with Gasteiger partial charge < -0.3 is 19.1 Å². The summed E-state index contributed by atoms with van der Waals surface area (Å²) in [7, 11) is 0. The van der Waals surface area contributed by atoms with Crippen molar-refractivity contribution in [2.45, 2.75) is 20.8 Å². The predicted molar refractivity (Wildman–Crippen MR) is 112 cm³/mol. The Morgan fingerprint density at radius 1 is 1.07 bits per heavy atom. The number of hydrogen-bond acceptors (Lipinski definition) is 6. The molecule has 2 aromatic carbocycles. The maximum absolute atomic E-state index is 12.6. The van der Waals surface area contributed by atoms with Gasteiger partial charge in [0.1, 0.15) is 11.5 Å². The van der Waals surface area contributed by atoms with Crippen molar-refractivity contribution in [3.05, 3.63) is 59.4 Å². The summed E-state index contributed by atoms with van der Waals surface area (Å²) in [5.41, 5.74) is 2.50. The molecule has 0 N–H and O–H groups in total. The second-order valence-corrected chi connectivity index (χ2v) is 6.46. The number of esters is 1. The van der Waals surface area contributed by atoms with Gasteiger partial charge in [0.15, 0.2) is 12.4 Å². The summed E-state index contributed by atoms with van der Waals surface area (Å²) in [4.78, 5) is 26.3. The van der Waals surface area contributed by atoms with E-state index in [1.165, 1.54) is 0 Å². The average molecular weight is 395 g/mol. The lowest BCUT2D eigenvalue weighted by Gasteiger charge is -2.20. The first-order valence-electron chi connectivity index (χ1n) is 9.77. The Morgan fingerprint density at radius 2 is 1.79 bits per heavy atom. The number of rotatable bonds is 8. The van der Waals surface area contributed by atoms with Crippen molar-refractivity contribution in [1.82, 2.24) is 0 Å². The van der Waals surface area contributed by atoms with Gasteiger partial charge in [0, 0.05) is 24.8 Å². The Bertz CT molecular complexity index is 913. The molecular weight excluding hydrogens is 370 g/mol. The lowest BCUT2D eigenvalue weighted by Crippen LogP contribution is -2.21. The normalized spacial score (nSPS) is 13.8. The molecule has 152 valence electrons. The zero-order valence-electron chi connectivity index (χ0n) is 16.9. The van der Waals surface area contributed by atoms with Crippen LogP contribution in [0.4, 0.5) is 5.69 Å². The predicted octanol–water partition coefficient (Wildman–Crippen LogP) is 4.09. The monoisotopic (exact) mass is 395 g/mol. The fourth-order valence-electron chi connectivity index (χ4n) is 3.12. The summed E-state index contributed by atoms with van der Waals surface area (Å²) in [5.74, 6) is 0.499. The van der Waals surface area contributed by atoms with Gasteiger partial charge in [0.25, 0.3) is 0 Å². The first kappa shape index (κ1) is 20.5. The molecule has 6 heteroatoms. The van der Waals surface area contributed by atoms with E-state index in [-0.39, 0.29) is 18.1 Å². The van der Waals surface area contributed by atoms with Crippen LogP contribution in [0.25, 0.3) is 6.08 Å². The maximum Gasteiger partial charge on any atom is 0.344 e. The fraction of sp³-hybridized carbons (Fsp3) is 0.304. The third kappa shape index (κ3) is 4.77. The Balaban J connectivity index is 1.72. The van der Waals surface area contributed by atoms with Crippen LogP contribution in [0.3, 0.4) is 0 Å². The number of hydrogen-bond donors (Lipinski definition) is 0. The molecule has 3 rings (SSSR count). The van der Waals surface area contributed by atoms with Crippen molar-refractivity contribution >= 4 is 23.5 Å². The van der Waals surface area contributed by atoms with E-state index in [1.807, 2.05) is 24.3 Å². The standard InChI is InChI=1S/C23H25NO5/c1-4-24(5-2)17-9-7-16(8-10-17)13-21-23(26)19-12-11-18(14-20(19)29-21)28-15-22(25)27-6-3/h7-14H,4-6,15H2,1-3H3/b21-13-. The second-order valence-electron chi connectivity index (χ2n) is 6.46. The third-order valence-electron chi connectivity index (χ3n) is 4.62. The second kappa shape index (κ2) is 9.28. The van der Waals surface area contributed by atoms with Crippen molar-refractivity contribution < 1.29 is 23.8 Å². The Morgan fingerprint density at radius 3 is 2.45 bits per heavy atom. The molecule has 1 aliphatic rings. The zero-order chi connectivity index (χ0) is 20.8. The Kier molecular flexibility index (Phi) is 6.54. The number of Topliss-reactive ketones (excluding diaryl/α,β-unsaturated/α-hetero) is 1. The zero-order valence-corrected chi connectivity index (χ0v) is 16.9. The van der Waals surface area contributed by atoms with Gasteiger partial charge in [-0.05, 0) is 56.7 Å². The lowest BCUT2D eigenvalue weighted by atomic mass is 10.1. The van der Waals surface area contributed by atoms with E-state index in [4.69, 9.17) is 14.2 Å². The van der Waals surface area contributed by atoms with Crippen molar-refractivity contribution in [2.75, 3.05) is 31.2 Å². The number of allylic oxidation sites excluding steroid dienone is 1. The highest BCUT2D eigenvalue weighted by molar-refractivity contribution is 6.14. The largest absolute Gasteiger partial charge is 0.482 e. The molecule has 0 fully saturated rings. The summed E-state index contributed by atoms with van der Waals surface area (Å²) >= 11 is 0. The van der Waals surface area contributed by atoms with Crippen molar-refractivity contribution in [3.8, 4) is 11.5 Å². The van der Waals surface area contributed by atoms with Gasteiger partial charge in [-0.2, -0.15) is 0 Å². The minimum absolute atomic E-state index is 0.176. The molecular formula is C23H25NO5. The van der Waals surface area contributed by atoms with Crippen LogP contribution < -0.4 is 14.4 Å². The number of nitrogens with zero attached hydrogens (tertiary/aromatic N) is 1. The van der Waals surface area contributed by atoms with Crippen LogP contribution in [-0.4, -0.2) is 38.1 Å². The average Bonchev–Trinajstić information content (AvgIpc) is 3.03. The van der Waals surface area contributed by atoms with Gasteiger partial charge in [0.05, 0.1) is 12.2 Å². The first-order chi connectivity index (χ1) is 14.0. The van der Waals surface area contributed by atoms with Gasteiger partial charge in [-0.3, -0.25) is 4.79 Å². The molecule has 0 unspecified atom stereocenters. The van der Waals surface area contributed by atoms with E-state index in [0.29, 0.717) is 23.7 Å². The van der Waals surface area contributed by atoms with Crippen LogP contribution in [0, 0.1) is 0 Å². The SMILES string of the molecule is CCOC(=O)COc1ccc2c(c1)O/C(=C\c1ccc(N(CC)CC)cc1)C2=O. The van der Waals surface area contributed by atoms with Crippen molar-refractivity contribution in [1.29, 1.82) is 0 Å². The molecule has 1 aliphatic heterocycles. The first-order valence-corrected chi connectivity index (χ1v) is 9.77. The summed E-state index contributed by atoms with van der Waals surface area (Å²) in [6.45, 7) is 7.95. The molecule has 0 amide bonds. The molecule has 2 aromatic rings. The van der Waals surface area contributed by atoms with Crippen LogP contribution in [-0.2, 0) is 9.53 Å². The minimum Gasteiger partial charge on any atom is -0.482 e. The smallest absolute Gasteiger partial charge is 0.344 e. The highest BCUT2D eigenvalue weighted by Crippen LogP contribution is 2.35. The quantitative estimate of drug-likeness (QED) is 0.495. The highest BCUT2D eigenvalue weighted by atomic mass is 16.6. The number of anilines is 1.